The summed E-state index contributed by atoms with van der Waals surface area (Å²) in [5.74, 6) is 1.66. The van der Waals surface area contributed by atoms with Crippen molar-refractivity contribution in [3.63, 3.8) is 0 Å². The van der Waals surface area contributed by atoms with Crippen molar-refractivity contribution in [3.05, 3.63) is 84.1 Å². The highest BCUT2D eigenvalue weighted by Crippen LogP contribution is 2.18. The number of hydrogen-bond acceptors (Lipinski definition) is 6. The first kappa shape index (κ1) is 20.7. The van der Waals surface area contributed by atoms with E-state index in [4.69, 9.17) is 20.0 Å². The summed E-state index contributed by atoms with van der Waals surface area (Å²) in [6.07, 6.45) is 1.52. The molecule has 0 aliphatic carbocycles. The molecule has 2 aromatic carbocycles. The number of benzene rings is 2. The van der Waals surface area contributed by atoms with Crippen molar-refractivity contribution in [2.24, 2.45) is 10.9 Å². The number of nitrogens with two attached hydrogens (primary N) is 1. The molecule has 1 heterocycles. The number of nitrogens with one attached hydrogen (secondary N) is 1. The summed E-state index contributed by atoms with van der Waals surface area (Å²) in [6.45, 7) is 0.123. The molecule has 8 nitrogen and oxygen atoms in total. The highest BCUT2D eigenvalue weighted by atomic mass is 16.6. The van der Waals surface area contributed by atoms with Crippen LogP contribution in [-0.2, 0) is 16.2 Å². The fourth-order valence-electron chi connectivity index (χ4n) is 2.41. The summed E-state index contributed by atoms with van der Waals surface area (Å²) in [5.41, 5.74) is 7.37. The fraction of sp³-hybridized carbons (Fsp3) is 0.136. The van der Waals surface area contributed by atoms with Gasteiger partial charge in [0.15, 0.2) is 12.4 Å². The molecule has 0 atom stereocenters. The average molecular weight is 406 g/mol. The number of hydrogen-bond donors (Lipinski definition) is 2. The Morgan fingerprint density at radius 1 is 1.03 bits per heavy atom. The van der Waals surface area contributed by atoms with E-state index in [1.807, 2.05) is 54.6 Å². The molecule has 154 valence electrons. The van der Waals surface area contributed by atoms with Gasteiger partial charge in [-0.3, -0.25) is 4.79 Å². The van der Waals surface area contributed by atoms with Gasteiger partial charge in [0.1, 0.15) is 11.5 Å². The molecule has 0 aliphatic rings. The van der Waals surface area contributed by atoms with E-state index in [9.17, 15) is 4.79 Å². The molecule has 0 saturated carbocycles. The second kappa shape index (κ2) is 10.5. The molecular formula is C22H22N4O4. The van der Waals surface area contributed by atoms with Gasteiger partial charge in [0, 0.05) is 24.4 Å². The molecule has 0 spiro atoms. The number of para-hydroxylation sites is 1. The third-order valence-corrected chi connectivity index (χ3v) is 4.01. The number of amidine groups is 1. The van der Waals surface area contributed by atoms with Crippen LogP contribution < -0.4 is 20.5 Å². The largest absolute Gasteiger partial charge is 0.497 e. The average Bonchev–Trinajstić information content (AvgIpc) is 2.79. The molecule has 3 aromatic rings. The van der Waals surface area contributed by atoms with E-state index in [1.165, 1.54) is 6.20 Å². The Balaban J connectivity index is 1.44. The van der Waals surface area contributed by atoms with Gasteiger partial charge in [0.05, 0.1) is 7.11 Å². The standard InChI is InChI=1S/C22H22N4O4/c1-28-18-10-7-16(8-11-18)13-24-20(27)15-29-26-22(23)17-9-12-21(25-14-17)30-19-5-3-2-4-6-19/h2-12,14H,13,15H2,1H3,(H2,23,26)(H,24,27). The SMILES string of the molecule is COc1ccc(CNC(=O)CO/N=C(/N)c2ccc(Oc3ccccc3)nc2)cc1. The van der Waals surface area contributed by atoms with Gasteiger partial charge in [-0.15, -0.1) is 0 Å². The van der Waals surface area contributed by atoms with Crippen LogP contribution in [0, 0.1) is 0 Å². The van der Waals surface area contributed by atoms with Gasteiger partial charge in [-0.25, -0.2) is 4.98 Å². The summed E-state index contributed by atoms with van der Waals surface area (Å²) >= 11 is 0. The first-order chi connectivity index (χ1) is 14.6. The van der Waals surface area contributed by atoms with E-state index in [2.05, 4.69) is 15.5 Å². The molecule has 3 rings (SSSR count). The van der Waals surface area contributed by atoms with E-state index in [0.29, 0.717) is 23.7 Å². The zero-order valence-corrected chi connectivity index (χ0v) is 16.4. The van der Waals surface area contributed by atoms with Gasteiger partial charge in [-0.1, -0.05) is 35.5 Å². The predicted molar refractivity (Wildman–Crippen MR) is 112 cm³/mol. The van der Waals surface area contributed by atoms with E-state index < -0.39 is 0 Å². The molecule has 3 N–H and O–H groups in total. The summed E-state index contributed by atoms with van der Waals surface area (Å²) in [7, 11) is 1.60. The van der Waals surface area contributed by atoms with E-state index in [-0.39, 0.29) is 18.3 Å². The number of methoxy groups -OCH3 is 1. The Labute approximate surface area is 174 Å². The van der Waals surface area contributed by atoms with Crippen molar-refractivity contribution < 1.29 is 19.1 Å². The van der Waals surface area contributed by atoms with Gasteiger partial charge in [-0.05, 0) is 35.9 Å². The molecule has 30 heavy (non-hydrogen) atoms. The topological polar surface area (TPSA) is 108 Å². The molecular weight excluding hydrogens is 384 g/mol. The zero-order chi connectivity index (χ0) is 21.2. The maximum atomic E-state index is 11.9. The van der Waals surface area contributed by atoms with Crippen molar-refractivity contribution in [2.45, 2.75) is 6.54 Å². The summed E-state index contributed by atoms with van der Waals surface area (Å²) in [6, 6.07) is 20.1. The third-order valence-electron chi connectivity index (χ3n) is 4.01. The smallest absolute Gasteiger partial charge is 0.261 e. The number of ether oxygens (including phenoxy) is 2. The lowest BCUT2D eigenvalue weighted by atomic mass is 10.2. The Bertz CT molecular complexity index is 974. The Kier molecular flexibility index (Phi) is 7.21. The van der Waals surface area contributed by atoms with Gasteiger partial charge in [0.25, 0.3) is 5.91 Å². The van der Waals surface area contributed by atoms with Crippen molar-refractivity contribution in [1.29, 1.82) is 0 Å². The monoisotopic (exact) mass is 406 g/mol. The molecule has 0 unspecified atom stereocenters. The third kappa shape index (κ3) is 6.23. The van der Waals surface area contributed by atoms with E-state index in [1.54, 1.807) is 19.2 Å². The highest BCUT2D eigenvalue weighted by Gasteiger charge is 2.05. The lowest BCUT2D eigenvalue weighted by molar-refractivity contribution is -0.125. The minimum Gasteiger partial charge on any atom is -0.497 e. The molecule has 1 aromatic heterocycles. The van der Waals surface area contributed by atoms with E-state index >= 15 is 0 Å². The maximum absolute atomic E-state index is 11.9. The lowest BCUT2D eigenvalue weighted by Gasteiger charge is -2.07. The summed E-state index contributed by atoms with van der Waals surface area (Å²) in [4.78, 5) is 21.1. The molecule has 8 heteroatoms. The first-order valence-electron chi connectivity index (χ1n) is 9.18. The lowest BCUT2D eigenvalue weighted by Crippen LogP contribution is -2.27. The van der Waals surface area contributed by atoms with Crippen LogP contribution in [0.15, 0.2) is 78.1 Å². The number of aromatic nitrogens is 1. The number of carbonyl (C=O) groups excluding carboxylic acids is 1. The number of carbonyl (C=O) groups is 1. The van der Waals surface area contributed by atoms with Crippen LogP contribution >= 0.6 is 0 Å². The van der Waals surface area contributed by atoms with Crippen LogP contribution in [0.2, 0.25) is 0 Å². The predicted octanol–water partition coefficient (Wildman–Crippen LogP) is 2.84. The van der Waals surface area contributed by atoms with Crippen LogP contribution in [0.3, 0.4) is 0 Å². The molecule has 0 bridgehead atoms. The first-order valence-corrected chi connectivity index (χ1v) is 9.18. The van der Waals surface area contributed by atoms with Gasteiger partial charge >= 0.3 is 0 Å². The van der Waals surface area contributed by atoms with Gasteiger partial charge < -0.3 is 25.4 Å². The molecule has 0 radical (unpaired) electrons. The van der Waals surface area contributed by atoms with Crippen molar-refractivity contribution in [2.75, 3.05) is 13.7 Å². The van der Waals surface area contributed by atoms with Crippen LogP contribution in [0.5, 0.6) is 17.4 Å². The Morgan fingerprint density at radius 3 is 2.47 bits per heavy atom. The highest BCUT2D eigenvalue weighted by molar-refractivity contribution is 5.96. The second-order valence-corrected chi connectivity index (χ2v) is 6.17. The summed E-state index contributed by atoms with van der Waals surface area (Å²) in [5, 5.41) is 6.50. The number of rotatable bonds is 9. The molecule has 1 amide bonds. The number of oxime groups is 1. The van der Waals surface area contributed by atoms with Crippen LogP contribution in [0.25, 0.3) is 0 Å². The minimum absolute atomic E-state index is 0.108. The molecule has 0 aliphatic heterocycles. The minimum atomic E-state index is -0.313. The Morgan fingerprint density at radius 2 is 1.80 bits per heavy atom. The van der Waals surface area contributed by atoms with E-state index in [0.717, 1.165) is 11.3 Å². The van der Waals surface area contributed by atoms with Crippen LogP contribution in [0.4, 0.5) is 0 Å². The fourth-order valence-corrected chi connectivity index (χ4v) is 2.41. The number of pyridine rings is 1. The number of nitrogens with zero attached hydrogens (tertiary/aromatic N) is 2. The van der Waals surface area contributed by atoms with Gasteiger partial charge in [-0.2, -0.15) is 0 Å². The quantitative estimate of drug-likeness (QED) is 0.321. The second-order valence-electron chi connectivity index (χ2n) is 6.17. The van der Waals surface area contributed by atoms with Crippen LogP contribution in [0.1, 0.15) is 11.1 Å². The van der Waals surface area contributed by atoms with Crippen molar-refractivity contribution in [1.82, 2.24) is 10.3 Å². The zero-order valence-electron chi connectivity index (χ0n) is 16.4. The Hall–Kier alpha value is -4.07. The summed E-state index contributed by atoms with van der Waals surface area (Å²) < 4.78 is 10.7. The van der Waals surface area contributed by atoms with Crippen molar-refractivity contribution in [3.8, 4) is 17.4 Å². The maximum Gasteiger partial charge on any atom is 0.261 e. The molecule has 0 saturated heterocycles. The van der Waals surface area contributed by atoms with Crippen LogP contribution in [-0.4, -0.2) is 30.4 Å². The molecule has 0 fully saturated rings. The van der Waals surface area contributed by atoms with Crippen molar-refractivity contribution >= 4 is 11.7 Å². The normalized spacial score (nSPS) is 10.9. The van der Waals surface area contributed by atoms with Gasteiger partial charge in [0.2, 0.25) is 5.88 Å². The number of amides is 1.